The van der Waals surface area contributed by atoms with Gasteiger partial charge in [0, 0.05) is 15.4 Å². The molecular weight excluding hydrogens is 292 g/mol. The first-order valence-corrected chi connectivity index (χ1v) is 10.2. The van der Waals surface area contributed by atoms with Crippen molar-refractivity contribution in [3.05, 3.63) is 83.9 Å². The minimum atomic E-state index is 0.555. The van der Waals surface area contributed by atoms with E-state index in [0.717, 1.165) is 26.9 Å². The summed E-state index contributed by atoms with van der Waals surface area (Å²) in [6, 6.07) is 23.5. The topological polar surface area (TPSA) is 0 Å². The third-order valence-corrected chi connectivity index (χ3v) is 7.29. The van der Waals surface area contributed by atoms with Gasteiger partial charge >= 0.3 is 0 Å². The molecule has 0 nitrogen and oxygen atoms in total. The summed E-state index contributed by atoms with van der Waals surface area (Å²) in [6.07, 6.45) is 9.14. The molecule has 2 radical (unpaired) electrons. The molecule has 116 valence electrons. The van der Waals surface area contributed by atoms with Gasteiger partial charge in [0.25, 0.3) is 0 Å². The van der Waals surface area contributed by atoms with Gasteiger partial charge in [0.2, 0.25) is 0 Å². The van der Waals surface area contributed by atoms with E-state index >= 15 is 0 Å². The van der Waals surface area contributed by atoms with Crippen LogP contribution in [0.1, 0.15) is 36.3 Å². The minimum absolute atomic E-state index is 0.555. The molecule has 3 atom stereocenters. The molecule has 2 aromatic carbocycles. The molecular formula is C22H24Si. The van der Waals surface area contributed by atoms with E-state index in [-0.39, 0.29) is 0 Å². The van der Waals surface area contributed by atoms with Crippen molar-refractivity contribution in [2.75, 3.05) is 0 Å². The molecule has 0 N–H and O–H groups in total. The maximum Gasteiger partial charge on any atom is 0.0420 e. The fraction of sp³-hybridized carbons (Fsp3) is 0.364. The van der Waals surface area contributed by atoms with Crippen LogP contribution in [0.3, 0.4) is 0 Å². The summed E-state index contributed by atoms with van der Waals surface area (Å²) in [4.78, 5) is 0. The Hall–Kier alpha value is -1.60. The Labute approximate surface area is 142 Å². The third kappa shape index (κ3) is 3.35. The predicted octanol–water partition coefficient (Wildman–Crippen LogP) is 5.72. The Balaban J connectivity index is 1.43. The van der Waals surface area contributed by atoms with Gasteiger partial charge in [-0.15, -0.1) is 0 Å². The van der Waals surface area contributed by atoms with Gasteiger partial charge in [-0.05, 0) is 47.8 Å². The first-order valence-electron chi connectivity index (χ1n) is 8.92. The zero-order chi connectivity index (χ0) is 15.5. The van der Waals surface area contributed by atoms with Crippen LogP contribution < -0.4 is 0 Å². The highest BCUT2D eigenvalue weighted by Gasteiger charge is 2.35. The number of allylic oxidation sites excluding steroid dienone is 2. The summed E-state index contributed by atoms with van der Waals surface area (Å²) >= 11 is 0. The minimum Gasteiger partial charge on any atom is -0.0851 e. The van der Waals surface area contributed by atoms with Crippen molar-refractivity contribution in [1.82, 2.24) is 0 Å². The van der Waals surface area contributed by atoms with E-state index in [2.05, 4.69) is 72.8 Å². The second kappa shape index (κ2) is 6.88. The highest BCUT2D eigenvalue weighted by molar-refractivity contribution is 6.37. The Morgan fingerprint density at radius 2 is 1.48 bits per heavy atom. The highest BCUT2D eigenvalue weighted by atomic mass is 28.2. The standard InChI is InChI=1S/C22H24Si/c1-3-7-18(8-4-1)21(19-9-5-2-6-10-19)13-14-23-22-16-17-11-12-20(22)15-17/h1-12,17,20-22H,13-16H2. The lowest BCUT2D eigenvalue weighted by molar-refractivity contribution is 0.680. The van der Waals surface area contributed by atoms with Gasteiger partial charge in [0.05, 0.1) is 0 Å². The molecule has 0 spiro atoms. The second-order valence-electron chi connectivity index (χ2n) is 7.00. The first kappa shape index (κ1) is 15.0. The Morgan fingerprint density at radius 3 is 2.00 bits per heavy atom. The molecule has 1 fully saturated rings. The van der Waals surface area contributed by atoms with Gasteiger partial charge in [0.1, 0.15) is 0 Å². The average molecular weight is 317 g/mol. The van der Waals surface area contributed by atoms with Crippen molar-refractivity contribution in [3.63, 3.8) is 0 Å². The number of hydrogen-bond acceptors (Lipinski definition) is 0. The van der Waals surface area contributed by atoms with E-state index < -0.39 is 0 Å². The molecule has 3 unspecified atom stereocenters. The Kier molecular flexibility index (Phi) is 4.47. The van der Waals surface area contributed by atoms with Crippen molar-refractivity contribution < 1.29 is 0 Å². The third-order valence-electron chi connectivity index (χ3n) is 5.52. The fourth-order valence-electron chi connectivity index (χ4n) is 4.32. The lowest BCUT2D eigenvalue weighted by Gasteiger charge is -2.21. The largest absolute Gasteiger partial charge is 0.0851 e. The molecule has 4 rings (SSSR count). The normalized spacial score (nSPS) is 25.3. The van der Waals surface area contributed by atoms with E-state index in [9.17, 15) is 0 Å². The van der Waals surface area contributed by atoms with Crippen LogP contribution in [0.4, 0.5) is 0 Å². The van der Waals surface area contributed by atoms with Crippen LogP contribution in [-0.2, 0) is 0 Å². The Morgan fingerprint density at radius 1 is 0.826 bits per heavy atom. The number of hydrogen-bond donors (Lipinski definition) is 0. The molecule has 23 heavy (non-hydrogen) atoms. The SMILES string of the molecule is C1=CC2CC1CC2[Si]CCC(c1ccccc1)c1ccccc1. The zero-order valence-corrected chi connectivity index (χ0v) is 14.6. The summed E-state index contributed by atoms with van der Waals surface area (Å²) in [6.45, 7) is 0. The summed E-state index contributed by atoms with van der Waals surface area (Å²) < 4.78 is 0. The molecule has 0 heterocycles. The number of fused-ring (bicyclic) bond motifs is 2. The van der Waals surface area contributed by atoms with Crippen LogP contribution >= 0.6 is 0 Å². The van der Waals surface area contributed by atoms with Crippen LogP contribution in [0, 0.1) is 11.8 Å². The van der Waals surface area contributed by atoms with Gasteiger partial charge in [0.15, 0.2) is 0 Å². The van der Waals surface area contributed by atoms with Crippen LogP contribution in [0.25, 0.3) is 0 Å². The zero-order valence-electron chi connectivity index (χ0n) is 13.6. The first-order chi connectivity index (χ1) is 11.4. The van der Waals surface area contributed by atoms with Gasteiger partial charge < -0.3 is 0 Å². The van der Waals surface area contributed by atoms with E-state index in [0.29, 0.717) is 5.92 Å². The molecule has 2 bridgehead atoms. The molecule has 2 aliphatic rings. The van der Waals surface area contributed by atoms with Crippen LogP contribution in [0.15, 0.2) is 72.8 Å². The van der Waals surface area contributed by atoms with Gasteiger partial charge in [-0.25, -0.2) is 0 Å². The van der Waals surface area contributed by atoms with Gasteiger partial charge in [-0.2, -0.15) is 0 Å². The summed E-state index contributed by atoms with van der Waals surface area (Å²) in [5, 5.41) is 0. The molecule has 0 saturated heterocycles. The van der Waals surface area contributed by atoms with Crippen molar-refractivity contribution in [1.29, 1.82) is 0 Å². The van der Waals surface area contributed by atoms with Gasteiger partial charge in [-0.3, -0.25) is 0 Å². The molecule has 2 aliphatic carbocycles. The molecule has 1 heteroatoms. The van der Waals surface area contributed by atoms with E-state index in [1.807, 2.05) is 0 Å². The van der Waals surface area contributed by atoms with E-state index in [4.69, 9.17) is 0 Å². The maximum atomic E-state index is 2.50. The van der Waals surface area contributed by atoms with Crippen molar-refractivity contribution in [3.8, 4) is 0 Å². The summed E-state index contributed by atoms with van der Waals surface area (Å²) in [7, 11) is 1.13. The quantitative estimate of drug-likeness (QED) is 0.472. The summed E-state index contributed by atoms with van der Waals surface area (Å²) in [5.41, 5.74) is 3.92. The summed E-state index contributed by atoms with van der Waals surface area (Å²) in [5.74, 6) is 2.38. The molecule has 0 aromatic heterocycles. The lowest BCUT2D eigenvalue weighted by Crippen LogP contribution is -2.10. The highest BCUT2D eigenvalue weighted by Crippen LogP contribution is 2.47. The molecule has 0 aliphatic heterocycles. The van der Waals surface area contributed by atoms with Crippen molar-refractivity contribution >= 4 is 9.52 Å². The average Bonchev–Trinajstić information content (AvgIpc) is 3.23. The monoisotopic (exact) mass is 316 g/mol. The van der Waals surface area contributed by atoms with Crippen LogP contribution in [0.2, 0.25) is 11.6 Å². The molecule has 2 aromatic rings. The predicted molar refractivity (Wildman–Crippen MR) is 99.0 cm³/mol. The maximum absolute atomic E-state index is 2.50. The number of rotatable bonds is 6. The Bertz CT molecular complexity index is 607. The lowest BCUT2D eigenvalue weighted by atomic mass is 9.89. The van der Waals surface area contributed by atoms with Gasteiger partial charge in [-0.1, -0.05) is 78.9 Å². The van der Waals surface area contributed by atoms with Crippen LogP contribution in [-0.4, -0.2) is 9.52 Å². The number of benzene rings is 2. The van der Waals surface area contributed by atoms with Crippen molar-refractivity contribution in [2.45, 2.75) is 36.8 Å². The molecule has 0 amide bonds. The smallest absolute Gasteiger partial charge is 0.0420 e. The van der Waals surface area contributed by atoms with Crippen LogP contribution in [0.5, 0.6) is 0 Å². The van der Waals surface area contributed by atoms with Crippen molar-refractivity contribution in [2.24, 2.45) is 11.8 Å². The molecule has 1 saturated carbocycles. The van der Waals surface area contributed by atoms with E-state index in [1.54, 1.807) is 0 Å². The second-order valence-corrected chi connectivity index (χ2v) is 8.65. The fourth-order valence-corrected chi connectivity index (χ4v) is 6.17. The van der Waals surface area contributed by atoms with E-state index in [1.165, 1.54) is 36.4 Å².